The molecule has 1 rings (SSSR count). The number of allylic oxidation sites excluding steroid dienone is 1. The van der Waals surface area contributed by atoms with Crippen molar-refractivity contribution >= 4 is 0 Å². The van der Waals surface area contributed by atoms with Gasteiger partial charge in [-0.25, -0.2) is 0 Å². The molecule has 0 radical (unpaired) electrons. The van der Waals surface area contributed by atoms with Gasteiger partial charge in [0.2, 0.25) is 0 Å². The van der Waals surface area contributed by atoms with Gasteiger partial charge in [-0.15, -0.1) is 0 Å². The number of aliphatic hydroxyl groups is 1. The Morgan fingerprint density at radius 3 is 3.08 bits per heavy atom. The minimum absolute atomic E-state index is 0.0855. The van der Waals surface area contributed by atoms with Gasteiger partial charge in [0.1, 0.15) is 5.76 Å². The summed E-state index contributed by atoms with van der Waals surface area (Å²) >= 11 is 0. The zero-order valence-electron chi connectivity index (χ0n) is 6.93. The van der Waals surface area contributed by atoms with Crippen LogP contribution in [0.2, 0.25) is 0 Å². The Bertz CT molecular complexity index is 226. The van der Waals surface area contributed by atoms with Crippen molar-refractivity contribution in [1.82, 2.24) is 0 Å². The van der Waals surface area contributed by atoms with Gasteiger partial charge in [0.25, 0.3) is 0 Å². The average Bonchev–Trinajstić information content (AvgIpc) is 2.59. The second-order valence-electron chi connectivity index (χ2n) is 2.29. The monoisotopic (exact) mass is 168 g/mol. The van der Waals surface area contributed by atoms with Gasteiger partial charge in [0.05, 0.1) is 19.1 Å². The standard InChI is InChI=1S/C9H12O3/c1-2-5-11-9(7-10)8-4-3-6-12-8/h2-6,9-10H,7H2,1H3/b5-2-/t9-/m0/s1. The molecule has 0 spiro atoms. The minimum atomic E-state index is -0.392. The zero-order chi connectivity index (χ0) is 8.81. The maximum absolute atomic E-state index is 8.91. The number of furan rings is 1. The summed E-state index contributed by atoms with van der Waals surface area (Å²) in [6.45, 7) is 1.76. The van der Waals surface area contributed by atoms with E-state index in [9.17, 15) is 0 Å². The van der Waals surface area contributed by atoms with Gasteiger partial charge in [-0.2, -0.15) is 0 Å². The Morgan fingerprint density at radius 1 is 1.75 bits per heavy atom. The maximum Gasteiger partial charge on any atom is 0.178 e. The normalized spacial score (nSPS) is 13.5. The maximum atomic E-state index is 8.91. The first-order chi connectivity index (χ1) is 5.88. The zero-order valence-corrected chi connectivity index (χ0v) is 6.93. The summed E-state index contributed by atoms with van der Waals surface area (Å²) < 4.78 is 10.2. The fourth-order valence-corrected chi connectivity index (χ4v) is 0.848. The molecular weight excluding hydrogens is 156 g/mol. The highest BCUT2D eigenvalue weighted by molar-refractivity contribution is 5.02. The SMILES string of the molecule is C/C=C\O[C@@H](CO)c1ccco1. The topological polar surface area (TPSA) is 42.6 Å². The molecule has 0 aliphatic rings. The molecule has 1 atom stereocenters. The van der Waals surface area contributed by atoms with E-state index in [1.165, 1.54) is 6.26 Å². The Balaban J connectivity index is 2.57. The van der Waals surface area contributed by atoms with E-state index in [1.54, 1.807) is 24.5 Å². The van der Waals surface area contributed by atoms with Crippen LogP contribution in [0.15, 0.2) is 35.2 Å². The van der Waals surface area contributed by atoms with E-state index < -0.39 is 6.10 Å². The first-order valence-electron chi connectivity index (χ1n) is 3.79. The number of rotatable bonds is 4. The van der Waals surface area contributed by atoms with Crippen LogP contribution < -0.4 is 0 Å². The van der Waals surface area contributed by atoms with Crippen molar-refractivity contribution in [3.63, 3.8) is 0 Å². The first-order valence-corrected chi connectivity index (χ1v) is 3.79. The van der Waals surface area contributed by atoms with Crippen LogP contribution in [0.25, 0.3) is 0 Å². The van der Waals surface area contributed by atoms with E-state index in [0.29, 0.717) is 5.76 Å². The predicted molar refractivity (Wildman–Crippen MR) is 44.4 cm³/mol. The molecule has 0 unspecified atom stereocenters. The molecule has 1 aromatic rings. The molecule has 0 aliphatic heterocycles. The van der Waals surface area contributed by atoms with E-state index in [2.05, 4.69) is 0 Å². The molecule has 3 nitrogen and oxygen atoms in total. The van der Waals surface area contributed by atoms with Crippen molar-refractivity contribution in [2.24, 2.45) is 0 Å². The Labute approximate surface area is 71.3 Å². The van der Waals surface area contributed by atoms with Crippen LogP contribution in [0.4, 0.5) is 0 Å². The third-order valence-corrected chi connectivity index (χ3v) is 1.41. The lowest BCUT2D eigenvalue weighted by Gasteiger charge is -2.09. The second-order valence-corrected chi connectivity index (χ2v) is 2.29. The molecule has 0 saturated carbocycles. The van der Waals surface area contributed by atoms with Crippen LogP contribution in [0, 0.1) is 0 Å². The summed E-state index contributed by atoms with van der Waals surface area (Å²) in [7, 11) is 0. The minimum Gasteiger partial charge on any atom is -0.488 e. The van der Waals surface area contributed by atoms with Crippen LogP contribution in [0.5, 0.6) is 0 Å². The molecule has 1 heterocycles. The molecular formula is C9H12O3. The number of aliphatic hydroxyl groups excluding tert-OH is 1. The number of ether oxygens (including phenoxy) is 1. The number of hydrogen-bond acceptors (Lipinski definition) is 3. The molecule has 0 aromatic carbocycles. The van der Waals surface area contributed by atoms with Crippen LogP contribution in [0.1, 0.15) is 18.8 Å². The predicted octanol–water partition coefficient (Wildman–Crippen LogP) is 1.86. The van der Waals surface area contributed by atoms with Crippen LogP contribution in [0.3, 0.4) is 0 Å². The molecule has 0 amide bonds. The van der Waals surface area contributed by atoms with E-state index in [0.717, 1.165) is 0 Å². The Hall–Kier alpha value is -1.22. The summed E-state index contributed by atoms with van der Waals surface area (Å²) in [4.78, 5) is 0. The van der Waals surface area contributed by atoms with Crippen LogP contribution >= 0.6 is 0 Å². The van der Waals surface area contributed by atoms with E-state index in [-0.39, 0.29) is 6.61 Å². The quantitative estimate of drug-likeness (QED) is 0.698. The summed E-state index contributed by atoms with van der Waals surface area (Å²) in [6, 6.07) is 3.53. The lowest BCUT2D eigenvalue weighted by Crippen LogP contribution is -2.04. The smallest absolute Gasteiger partial charge is 0.178 e. The molecule has 1 N–H and O–H groups in total. The van der Waals surface area contributed by atoms with Gasteiger partial charge in [-0.3, -0.25) is 0 Å². The van der Waals surface area contributed by atoms with Crippen LogP contribution in [-0.4, -0.2) is 11.7 Å². The van der Waals surface area contributed by atoms with E-state index in [1.807, 2.05) is 6.92 Å². The second kappa shape index (κ2) is 4.62. The van der Waals surface area contributed by atoms with Crippen molar-refractivity contribution in [3.8, 4) is 0 Å². The first kappa shape index (κ1) is 8.87. The molecule has 66 valence electrons. The largest absolute Gasteiger partial charge is 0.488 e. The van der Waals surface area contributed by atoms with Crippen LogP contribution in [-0.2, 0) is 4.74 Å². The van der Waals surface area contributed by atoms with Crippen molar-refractivity contribution in [2.45, 2.75) is 13.0 Å². The Kier molecular flexibility index (Phi) is 3.41. The van der Waals surface area contributed by atoms with Gasteiger partial charge in [0.15, 0.2) is 6.10 Å². The molecule has 0 saturated heterocycles. The molecule has 0 bridgehead atoms. The third kappa shape index (κ3) is 2.13. The van der Waals surface area contributed by atoms with Gasteiger partial charge in [0, 0.05) is 0 Å². The lowest BCUT2D eigenvalue weighted by molar-refractivity contribution is 0.0609. The van der Waals surface area contributed by atoms with Gasteiger partial charge >= 0.3 is 0 Å². The summed E-state index contributed by atoms with van der Waals surface area (Å²) in [5.74, 6) is 0.635. The number of hydrogen-bond donors (Lipinski definition) is 1. The van der Waals surface area contributed by atoms with Crippen molar-refractivity contribution in [3.05, 3.63) is 36.5 Å². The Morgan fingerprint density at radius 2 is 2.58 bits per heavy atom. The lowest BCUT2D eigenvalue weighted by atomic mass is 10.3. The molecule has 3 heteroatoms. The summed E-state index contributed by atoms with van der Waals surface area (Å²) in [5.41, 5.74) is 0. The summed E-state index contributed by atoms with van der Waals surface area (Å²) in [6.07, 6.45) is 4.45. The molecule has 0 fully saturated rings. The summed E-state index contributed by atoms with van der Waals surface area (Å²) in [5, 5.41) is 8.91. The van der Waals surface area contributed by atoms with Crippen molar-refractivity contribution in [2.75, 3.05) is 6.61 Å². The highest BCUT2D eigenvalue weighted by Crippen LogP contribution is 2.16. The highest BCUT2D eigenvalue weighted by Gasteiger charge is 2.11. The molecule has 12 heavy (non-hydrogen) atoms. The molecule has 0 aliphatic carbocycles. The highest BCUT2D eigenvalue weighted by atomic mass is 16.5. The fourth-order valence-electron chi connectivity index (χ4n) is 0.848. The van der Waals surface area contributed by atoms with Crippen molar-refractivity contribution < 1.29 is 14.3 Å². The van der Waals surface area contributed by atoms with E-state index >= 15 is 0 Å². The fraction of sp³-hybridized carbons (Fsp3) is 0.333. The van der Waals surface area contributed by atoms with E-state index in [4.69, 9.17) is 14.3 Å². The van der Waals surface area contributed by atoms with Gasteiger partial charge in [-0.1, -0.05) is 6.08 Å². The molecule has 1 aromatic heterocycles. The van der Waals surface area contributed by atoms with Crippen molar-refractivity contribution in [1.29, 1.82) is 0 Å². The average molecular weight is 168 g/mol. The van der Waals surface area contributed by atoms with Gasteiger partial charge in [-0.05, 0) is 19.1 Å². The third-order valence-electron chi connectivity index (χ3n) is 1.41. The van der Waals surface area contributed by atoms with Gasteiger partial charge < -0.3 is 14.3 Å².